The summed E-state index contributed by atoms with van der Waals surface area (Å²) in [6, 6.07) is 3.30. The number of nitro groups is 1. The Kier molecular flexibility index (Phi) is 2.53. The van der Waals surface area contributed by atoms with Gasteiger partial charge < -0.3 is 14.9 Å². The summed E-state index contributed by atoms with van der Waals surface area (Å²) in [5.41, 5.74) is 0. The molecule has 0 spiro atoms. The molecule has 14 heavy (non-hydrogen) atoms. The Hall–Kier alpha value is -0.920. The zero-order valence-corrected chi connectivity index (χ0v) is 9.30. The highest BCUT2D eigenvalue weighted by atomic mass is 127. The van der Waals surface area contributed by atoms with E-state index in [0.29, 0.717) is 3.70 Å². The van der Waals surface area contributed by atoms with E-state index < -0.39 is 4.92 Å². The van der Waals surface area contributed by atoms with Crippen LogP contribution in [0.5, 0.6) is 5.75 Å². The predicted molar refractivity (Wildman–Crippen MR) is 57.3 cm³/mol. The summed E-state index contributed by atoms with van der Waals surface area (Å²) < 4.78 is 5.96. The maximum atomic E-state index is 10.6. The fourth-order valence-corrected chi connectivity index (χ4v) is 1.41. The summed E-state index contributed by atoms with van der Waals surface area (Å²) in [5, 5.41) is 10.6. The Balaban J connectivity index is 2.31. The third-order valence-electron chi connectivity index (χ3n) is 1.80. The van der Waals surface area contributed by atoms with Gasteiger partial charge in [-0.15, -0.1) is 0 Å². The van der Waals surface area contributed by atoms with E-state index >= 15 is 0 Å². The molecule has 6 heteroatoms. The van der Waals surface area contributed by atoms with E-state index in [1.165, 1.54) is 0 Å². The molecule has 1 fully saturated rings. The van der Waals surface area contributed by atoms with E-state index in [0.717, 1.165) is 12.8 Å². The highest BCUT2D eigenvalue weighted by molar-refractivity contribution is 14.1. The van der Waals surface area contributed by atoms with Crippen LogP contribution in [0.25, 0.3) is 0 Å². The Morgan fingerprint density at radius 3 is 2.86 bits per heavy atom. The molecule has 0 atom stereocenters. The molecule has 5 nitrogen and oxygen atoms in total. The first kappa shape index (κ1) is 9.63. The first-order valence-electron chi connectivity index (χ1n) is 4.14. The van der Waals surface area contributed by atoms with Gasteiger partial charge in [0.1, 0.15) is 0 Å². The minimum absolute atomic E-state index is 0.149. The Bertz CT molecular complexity index is 379. The lowest BCUT2D eigenvalue weighted by molar-refractivity contribution is -0.390. The van der Waals surface area contributed by atoms with Gasteiger partial charge in [0.2, 0.25) is 9.45 Å². The van der Waals surface area contributed by atoms with Crippen molar-refractivity contribution in [3.8, 4) is 5.75 Å². The number of rotatable bonds is 3. The van der Waals surface area contributed by atoms with Crippen molar-refractivity contribution in [2.24, 2.45) is 0 Å². The minimum atomic E-state index is -0.514. The van der Waals surface area contributed by atoms with Gasteiger partial charge in [0, 0.05) is 22.6 Å². The fourth-order valence-electron chi connectivity index (χ4n) is 1.00. The Labute approximate surface area is 93.8 Å². The van der Waals surface area contributed by atoms with Gasteiger partial charge in [-0.05, 0) is 34.9 Å². The van der Waals surface area contributed by atoms with Crippen molar-refractivity contribution in [3.63, 3.8) is 0 Å². The van der Waals surface area contributed by atoms with Crippen LogP contribution in [-0.4, -0.2) is 16.0 Å². The summed E-state index contributed by atoms with van der Waals surface area (Å²) in [6.45, 7) is 0. The van der Waals surface area contributed by atoms with Crippen LogP contribution < -0.4 is 4.74 Å². The molecule has 1 saturated carbocycles. The van der Waals surface area contributed by atoms with Crippen LogP contribution in [0.15, 0.2) is 12.1 Å². The molecule has 1 aliphatic carbocycles. The maximum Gasteiger partial charge on any atom is 0.407 e. The number of halogens is 1. The second-order valence-electron chi connectivity index (χ2n) is 3.03. The number of hydrogen-bond acceptors (Lipinski definition) is 4. The van der Waals surface area contributed by atoms with Crippen LogP contribution in [0.3, 0.4) is 0 Å². The lowest BCUT2D eigenvalue weighted by Crippen LogP contribution is -2.02. The first-order valence-corrected chi connectivity index (χ1v) is 5.22. The van der Waals surface area contributed by atoms with Crippen LogP contribution in [-0.2, 0) is 0 Å². The first-order chi connectivity index (χ1) is 6.66. The average molecular weight is 306 g/mol. The standard InChI is InChI=1S/C8H7IN2O3/c9-7-4-3-6(14-5-1-2-5)8(10-7)11(12)13/h3-5H,1-2H2. The zero-order chi connectivity index (χ0) is 10.1. The molecule has 0 unspecified atom stereocenters. The lowest BCUT2D eigenvalue weighted by Gasteiger charge is -2.03. The molecular formula is C8H7IN2O3. The summed E-state index contributed by atoms with van der Waals surface area (Å²) in [6.07, 6.45) is 2.10. The van der Waals surface area contributed by atoms with Crippen molar-refractivity contribution in [1.82, 2.24) is 4.98 Å². The molecule has 0 saturated heterocycles. The van der Waals surface area contributed by atoms with Gasteiger partial charge in [-0.3, -0.25) is 0 Å². The van der Waals surface area contributed by atoms with Crippen LogP contribution in [0.4, 0.5) is 5.82 Å². The van der Waals surface area contributed by atoms with Crippen molar-refractivity contribution >= 4 is 28.4 Å². The van der Waals surface area contributed by atoms with Gasteiger partial charge in [0.05, 0.1) is 6.10 Å². The minimum Gasteiger partial charge on any atom is -0.482 e. The number of ether oxygens (including phenoxy) is 1. The topological polar surface area (TPSA) is 65.3 Å². The van der Waals surface area contributed by atoms with E-state index in [1.54, 1.807) is 12.1 Å². The normalized spacial score (nSPS) is 15.2. The fraction of sp³-hybridized carbons (Fsp3) is 0.375. The second-order valence-corrected chi connectivity index (χ2v) is 4.14. The van der Waals surface area contributed by atoms with Crippen LogP contribution in [0, 0.1) is 13.8 Å². The highest BCUT2D eigenvalue weighted by Gasteiger charge is 2.28. The molecule has 1 aromatic heterocycles. The van der Waals surface area contributed by atoms with Crippen LogP contribution in [0.2, 0.25) is 0 Å². The van der Waals surface area contributed by atoms with Gasteiger partial charge in [-0.25, -0.2) is 0 Å². The number of hydrogen-bond donors (Lipinski definition) is 0. The van der Waals surface area contributed by atoms with Gasteiger partial charge >= 0.3 is 5.82 Å². The number of nitrogens with zero attached hydrogens (tertiary/aromatic N) is 2. The second kappa shape index (κ2) is 3.68. The molecule has 1 heterocycles. The van der Waals surface area contributed by atoms with Gasteiger partial charge in [0.15, 0.2) is 0 Å². The lowest BCUT2D eigenvalue weighted by atomic mass is 10.4. The number of pyridine rings is 1. The largest absolute Gasteiger partial charge is 0.482 e. The third-order valence-corrected chi connectivity index (χ3v) is 2.40. The van der Waals surface area contributed by atoms with Crippen molar-refractivity contribution in [3.05, 3.63) is 25.9 Å². The van der Waals surface area contributed by atoms with Gasteiger partial charge in [0.25, 0.3) is 0 Å². The van der Waals surface area contributed by atoms with Crippen LogP contribution in [0.1, 0.15) is 12.8 Å². The molecule has 0 aromatic carbocycles. The van der Waals surface area contributed by atoms with Crippen LogP contribution >= 0.6 is 22.6 Å². The molecule has 2 rings (SSSR count). The molecule has 0 radical (unpaired) electrons. The molecule has 1 aromatic rings. The molecule has 74 valence electrons. The Morgan fingerprint density at radius 2 is 2.29 bits per heavy atom. The Morgan fingerprint density at radius 1 is 1.57 bits per heavy atom. The van der Waals surface area contributed by atoms with Crippen molar-refractivity contribution in [2.45, 2.75) is 18.9 Å². The zero-order valence-electron chi connectivity index (χ0n) is 7.14. The number of aromatic nitrogens is 1. The summed E-state index contributed by atoms with van der Waals surface area (Å²) in [5.74, 6) is 0.0849. The van der Waals surface area contributed by atoms with Crippen molar-refractivity contribution in [2.75, 3.05) is 0 Å². The molecule has 0 bridgehead atoms. The molecule has 1 aliphatic rings. The third kappa shape index (κ3) is 2.11. The van der Waals surface area contributed by atoms with E-state index in [2.05, 4.69) is 4.98 Å². The smallest absolute Gasteiger partial charge is 0.407 e. The van der Waals surface area contributed by atoms with E-state index in [1.807, 2.05) is 22.6 Å². The van der Waals surface area contributed by atoms with Crippen molar-refractivity contribution in [1.29, 1.82) is 0 Å². The average Bonchev–Trinajstić information content (AvgIpc) is 2.91. The van der Waals surface area contributed by atoms with E-state index in [9.17, 15) is 10.1 Å². The maximum absolute atomic E-state index is 10.6. The molecular weight excluding hydrogens is 299 g/mol. The SMILES string of the molecule is O=[N+]([O-])c1nc(I)ccc1OC1CC1. The molecule has 0 aliphatic heterocycles. The molecule has 0 N–H and O–H groups in total. The summed E-state index contributed by atoms with van der Waals surface area (Å²) in [4.78, 5) is 13.9. The summed E-state index contributed by atoms with van der Waals surface area (Å²) in [7, 11) is 0. The monoisotopic (exact) mass is 306 g/mol. The van der Waals surface area contributed by atoms with Crippen molar-refractivity contribution < 1.29 is 9.66 Å². The summed E-state index contributed by atoms with van der Waals surface area (Å²) >= 11 is 1.93. The molecule has 0 amide bonds. The quantitative estimate of drug-likeness (QED) is 0.371. The predicted octanol–water partition coefficient (Wildman–Crippen LogP) is 2.14. The highest BCUT2D eigenvalue weighted by Crippen LogP contribution is 2.32. The van der Waals surface area contributed by atoms with Gasteiger partial charge in [-0.1, -0.05) is 0 Å². The van der Waals surface area contributed by atoms with E-state index in [-0.39, 0.29) is 17.7 Å². The van der Waals surface area contributed by atoms with E-state index in [4.69, 9.17) is 4.74 Å². The van der Waals surface area contributed by atoms with Gasteiger partial charge in [-0.2, -0.15) is 0 Å².